The molecule has 0 spiro atoms. The Morgan fingerprint density at radius 1 is 1.24 bits per heavy atom. The maximum Gasteiger partial charge on any atom is 0.138 e. The lowest BCUT2D eigenvalue weighted by Crippen LogP contribution is -1.98. The first-order chi connectivity index (χ1) is 8.08. The molecule has 0 saturated carbocycles. The summed E-state index contributed by atoms with van der Waals surface area (Å²) in [6, 6.07) is 5.47. The number of hydrogen-bond donors (Lipinski definition) is 1. The normalized spacial score (nSPS) is 10.4. The summed E-state index contributed by atoms with van der Waals surface area (Å²) in [5, 5.41) is 4.23. The third kappa shape index (κ3) is 2.89. The first-order valence-corrected chi connectivity index (χ1v) is 6.32. The molecule has 1 aromatic carbocycles. The van der Waals surface area contributed by atoms with Crippen LogP contribution in [-0.4, -0.2) is 9.97 Å². The first kappa shape index (κ1) is 12.6. The monoisotopic (exact) mass is 331 g/mol. The number of nitrogens with zero attached hydrogens (tertiary/aromatic N) is 2. The molecule has 0 atom stereocenters. The Bertz CT molecular complexity index is 560. The Balaban J connectivity index is 2.38. The van der Waals surface area contributed by atoms with E-state index in [1.54, 1.807) is 12.1 Å². The van der Waals surface area contributed by atoms with E-state index in [0.717, 1.165) is 15.7 Å². The van der Waals surface area contributed by atoms with Crippen molar-refractivity contribution in [1.29, 1.82) is 0 Å². The van der Waals surface area contributed by atoms with E-state index in [0.29, 0.717) is 16.0 Å². The zero-order chi connectivity index (χ0) is 12.4. The van der Waals surface area contributed by atoms with E-state index < -0.39 is 0 Å². The fraction of sp³-hybridized carbons (Fsp3) is 0.0909. The fourth-order valence-electron chi connectivity index (χ4n) is 1.28. The molecule has 0 aliphatic carbocycles. The van der Waals surface area contributed by atoms with Gasteiger partial charge < -0.3 is 5.32 Å². The Hall–Kier alpha value is -0.840. The van der Waals surface area contributed by atoms with Gasteiger partial charge in [0.2, 0.25) is 0 Å². The molecule has 2 rings (SSSR count). The van der Waals surface area contributed by atoms with Gasteiger partial charge in [0, 0.05) is 15.1 Å². The van der Waals surface area contributed by atoms with Gasteiger partial charge in [0.25, 0.3) is 0 Å². The van der Waals surface area contributed by atoms with Gasteiger partial charge in [-0.15, -0.1) is 0 Å². The molecule has 0 aliphatic rings. The van der Waals surface area contributed by atoms with Crippen LogP contribution in [0.1, 0.15) is 5.56 Å². The van der Waals surface area contributed by atoms with Crippen LogP contribution in [0.15, 0.2) is 29.0 Å². The number of nitrogens with one attached hydrogen (secondary N) is 1. The summed E-state index contributed by atoms with van der Waals surface area (Å²) < 4.78 is 0.899. The maximum absolute atomic E-state index is 5.93. The molecule has 1 N–H and O–H groups in total. The van der Waals surface area contributed by atoms with Crippen LogP contribution in [0.25, 0.3) is 0 Å². The van der Waals surface area contributed by atoms with Crippen molar-refractivity contribution in [3.63, 3.8) is 0 Å². The Labute approximate surface area is 117 Å². The molecule has 0 radical (unpaired) electrons. The number of aromatic nitrogens is 2. The van der Waals surface area contributed by atoms with Crippen molar-refractivity contribution in [2.75, 3.05) is 5.32 Å². The fourth-order valence-corrected chi connectivity index (χ4v) is 1.93. The molecule has 0 bridgehead atoms. The van der Waals surface area contributed by atoms with Crippen LogP contribution in [0, 0.1) is 6.92 Å². The first-order valence-electron chi connectivity index (χ1n) is 4.77. The summed E-state index contributed by atoms with van der Waals surface area (Å²) in [7, 11) is 0. The lowest BCUT2D eigenvalue weighted by atomic mass is 10.3. The van der Waals surface area contributed by atoms with Crippen molar-refractivity contribution >= 4 is 50.6 Å². The topological polar surface area (TPSA) is 37.8 Å². The molecule has 1 aromatic heterocycles. The summed E-state index contributed by atoms with van der Waals surface area (Å²) >= 11 is 15.3. The van der Waals surface area contributed by atoms with Gasteiger partial charge in [-0.1, -0.05) is 23.2 Å². The van der Waals surface area contributed by atoms with Gasteiger partial charge in [-0.05, 0) is 41.1 Å². The Morgan fingerprint density at radius 3 is 2.76 bits per heavy atom. The van der Waals surface area contributed by atoms with Crippen LogP contribution in [0.4, 0.5) is 11.5 Å². The second-order valence-electron chi connectivity index (χ2n) is 3.39. The van der Waals surface area contributed by atoms with Gasteiger partial charge in [0.1, 0.15) is 17.3 Å². The third-order valence-corrected chi connectivity index (χ3v) is 3.51. The largest absolute Gasteiger partial charge is 0.339 e. The molecule has 0 amide bonds. The van der Waals surface area contributed by atoms with E-state index in [2.05, 4.69) is 31.2 Å². The van der Waals surface area contributed by atoms with Crippen molar-refractivity contribution in [2.24, 2.45) is 0 Å². The molecule has 88 valence electrons. The van der Waals surface area contributed by atoms with Crippen LogP contribution < -0.4 is 5.32 Å². The van der Waals surface area contributed by atoms with Crippen molar-refractivity contribution in [3.8, 4) is 0 Å². The van der Waals surface area contributed by atoms with Gasteiger partial charge in [-0.3, -0.25) is 0 Å². The Kier molecular flexibility index (Phi) is 3.86. The van der Waals surface area contributed by atoms with E-state index in [1.165, 1.54) is 6.33 Å². The molecule has 3 nitrogen and oxygen atoms in total. The lowest BCUT2D eigenvalue weighted by molar-refractivity contribution is 1.13. The second-order valence-corrected chi connectivity index (χ2v) is 5.04. The molecule has 0 saturated heterocycles. The van der Waals surface area contributed by atoms with E-state index >= 15 is 0 Å². The molecule has 0 fully saturated rings. The highest BCUT2D eigenvalue weighted by Gasteiger charge is 2.07. The van der Waals surface area contributed by atoms with Crippen molar-refractivity contribution in [3.05, 3.63) is 44.7 Å². The van der Waals surface area contributed by atoms with Gasteiger partial charge in [-0.2, -0.15) is 0 Å². The van der Waals surface area contributed by atoms with Crippen molar-refractivity contribution in [2.45, 2.75) is 6.92 Å². The summed E-state index contributed by atoms with van der Waals surface area (Å²) in [6.45, 7) is 1.85. The zero-order valence-corrected chi connectivity index (χ0v) is 11.9. The van der Waals surface area contributed by atoms with Crippen LogP contribution >= 0.6 is 39.1 Å². The molecular formula is C11H8BrCl2N3. The standard InChI is InChI=1S/C11H8BrCl2N3/c1-6-10(14)15-5-16-11(6)17-9-4-7(13)2-3-8(9)12/h2-5H,1H3,(H,15,16,17). The van der Waals surface area contributed by atoms with E-state index in [-0.39, 0.29) is 0 Å². The van der Waals surface area contributed by atoms with Gasteiger partial charge in [-0.25, -0.2) is 9.97 Å². The number of hydrogen-bond acceptors (Lipinski definition) is 3. The average Bonchev–Trinajstić information content (AvgIpc) is 2.30. The van der Waals surface area contributed by atoms with Crippen molar-refractivity contribution in [1.82, 2.24) is 9.97 Å². The van der Waals surface area contributed by atoms with Gasteiger partial charge in [0.05, 0.1) is 5.69 Å². The average molecular weight is 333 g/mol. The lowest BCUT2D eigenvalue weighted by Gasteiger charge is -2.10. The Morgan fingerprint density at radius 2 is 2.00 bits per heavy atom. The summed E-state index contributed by atoms with van der Waals surface area (Å²) in [5.74, 6) is 0.660. The molecule has 1 heterocycles. The van der Waals surface area contributed by atoms with E-state index in [1.807, 2.05) is 13.0 Å². The molecule has 6 heteroatoms. The molecular weight excluding hydrogens is 325 g/mol. The zero-order valence-electron chi connectivity index (χ0n) is 8.84. The number of anilines is 2. The number of benzene rings is 1. The molecule has 17 heavy (non-hydrogen) atoms. The smallest absolute Gasteiger partial charge is 0.138 e. The van der Waals surface area contributed by atoms with Crippen LogP contribution in [0.3, 0.4) is 0 Å². The molecule has 0 unspecified atom stereocenters. The minimum atomic E-state index is 0.431. The minimum absolute atomic E-state index is 0.431. The van der Waals surface area contributed by atoms with Crippen LogP contribution in [0.5, 0.6) is 0 Å². The molecule has 2 aromatic rings. The van der Waals surface area contributed by atoms with Gasteiger partial charge in [0.15, 0.2) is 0 Å². The quantitative estimate of drug-likeness (QED) is 0.817. The van der Waals surface area contributed by atoms with E-state index in [9.17, 15) is 0 Å². The highest BCUT2D eigenvalue weighted by Crippen LogP contribution is 2.30. The van der Waals surface area contributed by atoms with E-state index in [4.69, 9.17) is 23.2 Å². The summed E-state index contributed by atoms with van der Waals surface area (Å²) in [6.07, 6.45) is 1.41. The third-order valence-electron chi connectivity index (χ3n) is 2.20. The summed E-state index contributed by atoms with van der Waals surface area (Å²) in [4.78, 5) is 8.03. The summed E-state index contributed by atoms with van der Waals surface area (Å²) in [5.41, 5.74) is 1.62. The highest BCUT2D eigenvalue weighted by atomic mass is 79.9. The molecule has 0 aliphatic heterocycles. The highest BCUT2D eigenvalue weighted by molar-refractivity contribution is 9.10. The van der Waals surface area contributed by atoms with Gasteiger partial charge >= 0.3 is 0 Å². The SMILES string of the molecule is Cc1c(Cl)ncnc1Nc1cc(Cl)ccc1Br. The predicted octanol–water partition coefficient (Wildman–Crippen LogP) is 4.60. The second kappa shape index (κ2) is 5.21. The minimum Gasteiger partial charge on any atom is -0.339 e. The van der Waals surface area contributed by atoms with Crippen LogP contribution in [0.2, 0.25) is 10.2 Å². The van der Waals surface area contributed by atoms with Crippen LogP contribution in [-0.2, 0) is 0 Å². The number of rotatable bonds is 2. The maximum atomic E-state index is 5.93. The number of halogens is 3. The van der Waals surface area contributed by atoms with Crippen molar-refractivity contribution < 1.29 is 0 Å². The predicted molar refractivity (Wildman–Crippen MR) is 74.2 cm³/mol.